The number of hydrogen-bond acceptors (Lipinski definition) is 4. The molecular weight excluding hydrogens is 316 g/mol. The van der Waals surface area contributed by atoms with Crippen LogP contribution in [0, 0.1) is 39.9 Å². The van der Waals surface area contributed by atoms with Crippen molar-refractivity contribution < 1.29 is 19.7 Å². The summed E-state index contributed by atoms with van der Waals surface area (Å²) in [5.41, 5.74) is -0.331. The normalized spacial score (nSPS) is 54.5. The van der Waals surface area contributed by atoms with Gasteiger partial charge < -0.3 is 14.9 Å². The predicted octanol–water partition coefficient (Wildman–Crippen LogP) is 3.15. The molecule has 5 rings (SSSR count). The summed E-state index contributed by atoms with van der Waals surface area (Å²) in [6.07, 6.45) is 8.12. The van der Waals surface area contributed by atoms with Crippen LogP contribution in [-0.2, 0) is 9.53 Å². The zero-order chi connectivity index (χ0) is 18.0. The number of fused-ring (bicyclic) bond motifs is 3. The molecule has 8 atom stereocenters. The second-order valence-electron chi connectivity index (χ2n) is 9.97. The average molecular weight is 350 g/mol. The molecule has 0 aromatic carbocycles. The molecule has 0 amide bonds. The van der Waals surface area contributed by atoms with Crippen molar-refractivity contribution >= 4 is 5.97 Å². The van der Waals surface area contributed by atoms with Crippen LogP contribution in [-0.4, -0.2) is 36.0 Å². The van der Waals surface area contributed by atoms with E-state index in [0.29, 0.717) is 17.8 Å². The third-order valence-electron chi connectivity index (χ3n) is 9.35. The first-order valence-electron chi connectivity index (χ1n) is 10.2. The Morgan fingerprint density at radius 1 is 1.12 bits per heavy atom. The second kappa shape index (κ2) is 5.69. The van der Waals surface area contributed by atoms with Crippen molar-refractivity contribution in [1.29, 1.82) is 0 Å². The molecule has 4 heteroatoms. The van der Waals surface area contributed by atoms with Crippen molar-refractivity contribution in [2.45, 2.75) is 71.3 Å². The van der Waals surface area contributed by atoms with Gasteiger partial charge in [-0.1, -0.05) is 13.3 Å². The van der Waals surface area contributed by atoms with Gasteiger partial charge in [0.05, 0.1) is 18.6 Å². The Kier molecular flexibility index (Phi) is 4.05. The van der Waals surface area contributed by atoms with Gasteiger partial charge >= 0.3 is 5.97 Å². The number of rotatable bonds is 2. The van der Waals surface area contributed by atoms with Gasteiger partial charge in [0.15, 0.2) is 0 Å². The molecule has 142 valence electrons. The summed E-state index contributed by atoms with van der Waals surface area (Å²) >= 11 is 0. The van der Waals surface area contributed by atoms with E-state index < -0.39 is 0 Å². The predicted molar refractivity (Wildman–Crippen MR) is 94.7 cm³/mol. The van der Waals surface area contributed by atoms with Gasteiger partial charge in [-0.3, -0.25) is 4.79 Å². The molecule has 0 saturated heterocycles. The van der Waals surface area contributed by atoms with Gasteiger partial charge in [-0.2, -0.15) is 0 Å². The first kappa shape index (κ1) is 17.8. The summed E-state index contributed by atoms with van der Waals surface area (Å²) < 4.78 is 5.22. The lowest BCUT2D eigenvalue weighted by molar-refractivity contribution is -0.248. The highest BCUT2D eigenvalue weighted by molar-refractivity contribution is 5.77. The molecule has 4 nitrogen and oxygen atoms in total. The molecular formula is C21H34O4. The van der Waals surface area contributed by atoms with E-state index >= 15 is 0 Å². The van der Waals surface area contributed by atoms with Crippen molar-refractivity contribution in [3.63, 3.8) is 0 Å². The van der Waals surface area contributed by atoms with Crippen LogP contribution in [0.15, 0.2) is 0 Å². The lowest BCUT2D eigenvalue weighted by atomic mass is 9.35. The van der Waals surface area contributed by atoms with E-state index in [1.54, 1.807) is 0 Å². The highest BCUT2D eigenvalue weighted by Crippen LogP contribution is 2.72. The molecule has 0 aliphatic heterocycles. The number of carbonyl (C=O) groups excluding carboxylic acids is 1. The molecule has 0 aromatic heterocycles. The van der Waals surface area contributed by atoms with Crippen molar-refractivity contribution in [1.82, 2.24) is 0 Å². The zero-order valence-electron chi connectivity index (χ0n) is 16.0. The lowest BCUT2D eigenvalue weighted by Gasteiger charge is -2.69. The highest BCUT2D eigenvalue weighted by atomic mass is 16.5. The van der Waals surface area contributed by atoms with E-state index in [2.05, 4.69) is 13.8 Å². The van der Waals surface area contributed by atoms with Crippen molar-refractivity contribution in [3.05, 3.63) is 0 Å². The molecule has 0 radical (unpaired) electrons. The molecule has 0 aromatic rings. The van der Waals surface area contributed by atoms with Crippen LogP contribution in [0.25, 0.3) is 0 Å². The highest BCUT2D eigenvalue weighted by Gasteiger charge is 2.68. The minimum atomic E-state index is -0.388. The largest absolute Gasteiger partial charge is 0.469 e. The zero-order valence-corrected chi connectivity index (χ0v) is 16.0. The minimum Gasteiger partial charge on any atom is -0.469 e. The number of ether oxygens (including phenoxy) is 1. The Morgan fingerprint density at radius 2 is 1.84 bits per heavy atom. The number of esters is 1. The van der Waals surface area contributed by atoms with Crippen LogP contribution in [0.2, 0.25) is 0 Å². The number of carbonyl (C=O) groups is 1. The van der Waals surface area contributed by atoms with E-state index in [0.717, 1.165) is 51.4 Å². The number of aliphatic hydroxyl groups excluding tert-OH is 2. The van der Waals surface area contributed by atoms with Crippen molar-refractivity contribution in [3.8, 4) is 0 Å². The van der Waals surface area contributed by atoms with Gasteiger partial charge in [-0.05, 0) is 75.0 Å². The van der Waals surface area contributed by atoms with Crippen LogP contribution in [0.1, 0.15) is 65.2 Å². The molecule has 5 aliphatic rings. The summed E-state index contributed by atoms with van der Waals surface area (Å²) in [6.45, 7) is 4.62. The Labute approximate surface area is 151 Å². The lowest BCUT2D eigenvalue weighted by Crippen LogP contribution is -2.67. The van der Waals surface area contributed by atoms with Crippen LogP contribution < -0.4 is 0 Å². The summed E-state index contributed by atoms with van der Waals surface area (Å²) in [4.78, 5) is 12.7. The van der Waals surface area contributed by atoms with Crippen molar-refractivity contribution in [2.24, 2.45) is 39.9 Å². The molecule has 5 aliphatic carbocycles. The van der Waals surface area contributed by atoms with Crippen LogP contribution in [0.4, 0.5) is 0 Å². The summed E-state index contributed by atoms with van der Waals surface area (Å²) in [6, 6.07) is 0. The van der Waals surface area contributed by atoms with Gasteiger partial charge in [0, 0.05) is 17.9 Å². The Balaban J connectivity index is 1.73. The van der Waals surface area contributed by atoms with Gasteiger partial charge in [0.2, 0.25) is 0 Å². The van der Waals surface area contributed by atoms with E-state index in [-0.39, 0.29) is 40.8 Å². The molecule has 6 unspecified atom stereocenters. The Bertz CT molecular complexity index is 562. The van der Waals surface area contributed by atoms with Gasteiger partial charge in [-0.25, -0.2) is 0 Å². The van der Waals surface area contributed by atoms with Crippen molar-refractivity contribution in [2.75, 3.05) is 13.7 Å². The maximum absolute atomic E-state index is 12.7. The smallest absolute Gasteiger partial charge is 0.311 e. The topological polar surface area (TPSA) is 66.8 Å². The number of methoxy groups -OCH3 is 1. The SMILES string of the molecule is COC(=O)[C@]1(C)CCC[C@@]2(C)C3CC4CCC3(CCC21)C(O)C4CO. The summed E-state index contributed by atoms with van der Waals surface area (Å²) in [5.74, 6) is 1.26. The van der Waals surface area contributed by atoms with Crippen LogP contribution in [0.5, 0.6) is 0 Å². The van der Waals surface area contributed by atoms with E-state index in [4.69, 9.17) is 4.74 Å². The molecule has 0 heterocycles. The molecule has 5 saturated carbocycles. The van der Waals surface area contributed by atoms with Gasteiger partial charge in [0.1, 0.15) is 0 Å². The maximum Gasteiger partial charge on any atom is 0.311 e. The van der Waals surface area contributed by atoms with Gasteiger partial charge in [0.25, 0.3) is 0 Å². The maximum atomic E-state index is 12.7. The quantitative estimate of drug-likeness (QED) is 0.751. The van der Waals surface area contributed by atoms with E-state index in [1.165, 1.54) is 7.11 Å². The van der Waals surface area contributed by atoms with Crippen LogP contribution in [0.3, 0.4) is 0 Å². The first-order valence-corrected chi connectivity index (χ1v) is 10.2. The van der Waals surface area contributed by atoms with Crippen LogP contribution >= 0.6 is 0 Å². The third kappa shape index (κ3) is 2.10. The fourth-order valence-electron chi connectivity index (χ4n) is 8.20. The van der Waals surface area contributed by atoms with E-state index in [1.807, 2.05) is 0 Å². The molecule has 5 fully saturated rings. The minimum absolute atomic E-state index is 0.0399. The molecule has 2 N–H and O–H groups in total. The summed E-state index contributed by atoms with van der Waals surface area (Å²) in [7, 11) is 1.52. The Hall–Kier alpha value is -0.610. The second-order valence-corrected chi connectivity index (χ2v) is 9.97. The third-order valence-corrected chi connectivity index (χ3v) is 9.35. The first-order chi connectivity index (χ1) is 11.8. The standard InChI is InChI=1S/C21H34O4/c1-19-7-4-8-20(2,18(24)25-3)15(19)6-10-21-9-5-13(11-16(19)21)14(12-22)17(21)23/h13-17,22-23H,4-12H2,1-3H3/t13?,14?,15?,16?,17?,19-,20-,21?/m1/s1. The fraction of sp³-hybridized carbons (Fsp3) is 0.952. The summed E-state index contributed by atoms with van der Waals surface area (Å²) in [5, 5.41) is 21.0. The molecule has 25 heavy (non-hydrogen) atoms. The molecule has 1 spiro atoms. The number of aliphatic hydroxyl groups is 2. The monoisotopic (exact) mass is 350 g/mol. The molecule has 2 bridgehead atoms. The Morgan fingerprint density at radius 3 is 2.52 bits per heavy atom. The van der Waals surface area contributed by atoms with Gasteiger partial charge in [-0.15, -0.1) is 0 Å². The fourth-order valence-corrected chi connectivity index (χ4v) is 8.20. The van der Waals surface area contributed by atoms with E-state index in [9.17, 15) is 15.0 Å². The average Bonchev–Trinajstić information content (AvgIpc) is 2.61. The number of hydrogen-bond donors (Lipinski definition) is 2.